The summed E-state index contributed by atoms with van der Waals surface area (Å²) in [6, 6.07) is 6.70. The number of carbonyl (C=O) groups excluding carboxylic acids is 1. The predicted molar refractivity (Wildman–Crippen MR) is 84.7 cm³/mol. The van der Waals surface area contributed by atoms with E-state index in [0.29, 0.717) is 22.1 Å². The molecule has 1 atom stereocenters. The molecule has 116 valence electrons. The lowest BCUT2D eigenvalue weighted by Gasteiger charge is -2.15. The van der Waals surface area contributed by atoms with E-state index in [0.717, 1.165) is 5.56 Å². The number of nitrogens with one attached hydrogen (secondary N) is 1. The van der Waals surface area contributed by atoms with Crippen molar-refractivity contribution in [3.8, 4) is 11.5 Å². The standard InChI is InChI=1S/C16H17ClN2O3/c1-10(11-5-4-6-18-9-11)19-16(20)12-7-13(17)15(22-3)14(8-12)21-2/h4-10H,1-3H3,(H,19,20). The van der Waals surface area contributed by atoms with Crippen molar-refractivity contribution >= 4 is 17.5 Å². The molecule has 0 aliphatic heterocycles. The SMILES string of the molecule is COc1cc(C(=O)NC(C)c2cccnc2)cc(Cl)c1OC. The van der Waals surface area contributed by atoms with Crippen molar-refractivity contribution in [2.75, 3.05) is 14.2 Å². The summed E-state index contributed by atoms with van der Waals surface area (Å²) in [4.78, 5) is 16.4. The highest BCUT2D eigenvalue weighted by Crippen LogP contribution is 2.36. The molecule has 0 aliphatic rings. The van der Waals surface area contributed by atoms with Gasteiger partial charge in [-0.2, -0.15) is 0 Å². The Bertz CT molecular complexity index is 662. The van der Waals surface area contributed by atoms with Crippen molar-refractivity contribution in [3.05, 3.63) is 52.8 Å². The maximum Gasteiger partial charge on any atom is 0.251 e. The largest absolute Gasteiger partial charge is 0.493 e. The fourth-order valence-electron chi connectivity index (χ4n) is 2.04. The van der Waals surface area contributed by atoms with Crippen LogP contribution in [-0.2, 0) is 0 Å². The zero-order valence-electron chi connectivity index (χ0n) is 12.6. The van der Waals surface area contributed by atoms with Crippen LogP contribution < -0.4 is 14.8 Å². The van der Waals surface area contributed by atoms with Crippen LogP contribution in [0.2, 0.25) is 5.02 Å². The first kappa shape index (κ1) is 16.1. The summed E-state index contributed by atoms with van der Waals surface area (Å²) < 4.78 is 10.4. The summed E-state index contributed by atoms with van der Waals surface area (Å²) in [5.41, 5.74) is 1.32. The van der Waals surface area contributed by atoms with Crippen LogP contribution in [0.1, 0.15) is 28.9 Å². The molecule has 0 radical (unpaired) electrons. The molecule has 6 heteroatoms. The molecule has 1 N–H and O–H groups in total. The Hall–Kier alpha value is -2.27. The molecule has 2 rings (SSSR count). The number of amides is 1. The molecular formula is C16H17ClN2O3. The average molecular weight is 321 g/mol. The number of nitrogens with zero attached hydrogens (tertiary/aromatic N) is 1. The summed E-state index contributed by atoms with van der Waals surface area (Å²) in [7, 11) is 2.99. The lowest BCUT2D eigenvalue weighted by Crippen LogP contribution is -2.26. The van der Waals surface area contributed by atoms with Gasteiger partial charge >= 0.3 is 0 Å². The number of pyridine rings is 1. The minimum atomic E-state index is -0.251. The van der Waals surface area contributed by atoms with Gasteiger partial charge in [-0.1, -0.05) is 17.7 Å². The number of hydrogen-bond donors (Lipinski definition) is 1. The normalized spacial score (nSPS) is 11.6. The number of carbonyl (C=O) groups is 1. The van der Waals surface area contributed by atoms with E-state index in [4.69, 9.17) is 21.1 Å². The molecule has 1 amide bonds. The zero-order chi connectivity index (χ0) is 16.1. The lowest BCUT2D eigenvalue weighted by atomic mass is 10.1. The number of aromatic nitrogens is 1. The van der Waals surface area contributed by atoms with Gasteiger partial charge < -0.3 is 14.8 Å². The van der Waals surface area contributed by atoms with Gasteiger partial charge in [-0.25, -0.2) is 0 Å². The Morgan fingerprint density at radius 1 is 1.32 bits per heavy atom. The van der Waals surface area contributed by atoms with Crippen molar-refractivity contribution < 1.29 is 14.3 Å². The van der Waals surface area contributed by atoms with Crippen LogP contribution in [0.5, 0.6) is 11.5 Å². The lowest BCUT2D eigenvalue weighted by molar-refractivity contribution is 0.0939. The summed E-state index contributed by atoms with van der Waals surface area (Å²) in [6.45, 7) is 1.89. The summed E-state index contributed by atoms with van der Waals surface area (Å²) in [5.74, 6) is 0.564. The molecule has 22 heavy (non-hydrogen) atoms. The van der Waals surface area contributed by atoms with Crippen molar-refractivity contribution in [3.63, 3.8) is 0 Å². The smallest absolute Gasteiger partial charge is 0.251 e. The topological polar surface area (TPSA) is 60.5 Å². The first-order valence-corrected chi connectivity index (χ1v) is 7.07. The second kappa shape index (κ2) is 7.13. The van der Waals surface area contributed by atoms with Gasteiger partial charge in [0, 0.05) is 18.0 Å². The molecule has 0 fully saturated rings. The molecule has 0 saturated heterocycles. The maximum atomic E-state index is 12.4. The van der Waals surface area contributed by atoms with Gasteiger partial charge in [-0.3, -0.25) is 9.78 Å². The molecule has 2 aromatic rings. The Morgan fingerprint density at radius 2 is 2.09 bits per heavy atom. The van der Waals surface area contributed by atoms with E-state index in [-0.39, 0.29) is 11.9 Å². The van der Waals surface area contributed by atoms with E-state index in [1.165, 1.54) is 14.2 Å². The van der Waals surface area contributed by atoms with Crippen LogP contribution in [0.25, 0.3) is 0 Å². The molecule has 1 heterocycles. The monoisotopic (exact) mass is 320 g/mol. The van der Waals surface area contributed by atoms with Crippen LogP contribution in [0.15, 0.2) is 36.7 Å². The molecule has 5 nitrogen and oxygen atoms in total. The van der Waals surface area contributed by atoms with Gasteiger partial charge in [0.05, 0.1) is 25.3 Å². The molecule has 1 unspecified atom stereocenters. The second-order valence-electron chi connectivity index (χ2n) is 4.68. The molecule has 0 spiro atoms. The van der Waals surface area contributed by atoms with Gasteiger partial charge in [-0.15, -0.1) is 0 Å². The van der Waals surface area contributed by atoms with E-state index in [1.807, 2.05) is 19.1 Å². The third kappa shape index (κ3) is 3.49. The second-order valence-corrected chi connectivity index (χ2v) is 5.08. The van der Waals surface area contributed by atoms with E-state index < -0.39 is 0 Å². The fraction of sp³-hybridized carbons (Fsp3) is 0.250. The van der Waals surface area contributed by atoms with Crippen molar-refractivity contribution in [2.24, 2.45) is 0 Å². The molecule has 0 saturated carbocycles. The van der Waals surface area contributed by atoms with Crippen LogP contribution in [-0.4, -0.2) is 25.1 Å². The molecular weight excluding hydrogens is 304 g/mol. The predicted octanol–water partition coefficient (Wildman–Crippen LogP) is 3.24. The number of halogens is 1. The van der Waals surface area contributed by atoms with Crippen LogP contribution in [0, 0.1) is 0 Å². The van der Waals surface area contributed by atoms with Crippen molar-refractivity contribution in [1.29, 1.82) is 0 Å². The minimum Gasteiger partial charge on any atom is -0.493 e. The van der Waals surface area contributed by atoms with Crippen LogP contribution in [0.4, 0.5) is 0 Å². The van der Waals surface area contributed by atoms with Crippen LogP contribution in [0.3, 0.4) is 0 Å². The first-order chi connectivity index (χ1) is 10.6. The van der Waals surface area contributed by atoms with Crippen molar-refractivity contribution in [1.82, 2.24) is 10.3 Å². The van der Waals surface area contributed by atoms with Gasteiger partial charge in [0.1, 0.15) is 0 Å². The van der Waals surface area contributed by atoms with E-state index >= 15 is 0 Å². The van der Waals surface area contributed by atoms with E-state index in [9.17, 15) is 4.79 Å². The number of rotatable bonds is 5. The van der Waals surface area contributed by atoms with Gasteiger partial charge in [0.2, 0.25) is 0 Å². The van der Waals surface area contributed by atoms with Crippen LogP contribution >= 0.6 is 11.6 Å². The maximum absolute atomic E-state index is 12.4. The number of methoxy groups -OCH3 is 2. The quantitative estimate of drug-likeness (QED) is 0.918. The first-order valence-electron chi connectivity index (χ1n) is 6.69. The third-order valence-electron chi connectivity index (χ3n) is 3.23. The third-order valence-corrected chi connectivity index (χ3v) is 3.51. The van der Waals surface area contributed by atoms with Gasteiger partial charge in [0.15, 0.2) is 11.5 Å². The average Bonchev–Trinajstić information content (AvgIpc) is 2.54. The Labute approximate surface area is 134 Å². The molecule has 1 aromatic carbocycles. The number of hydrogen-bond acceptors (Lipinski definition) is 4. The molecule has 0 bridgehead atoms. The molecule has 0 aliphatic carbocycles. The summed E-state index contributed by atoms with van der Waals surface area (Å²) >= 11 is 6.12. The number of benzene rings is 1. The summed E-state index contributed by atoms with van der Waals surface area (Å²) in [5, 5.41) is 3.21. The highest BCUT2D eigenvalue weighted by molar-refractivity contribution is 6.32. The zero-order valence-corrected chi connectivity index (χ0v) is 13.3. The van der Waals surface area contributed by atoms with Crippen molar-refractivity contribution in [2.45, 2.75) is 13.0 Å². The Kier molecular flexibility index (Phi) is 5.22. The summed E-state index contributed by atoms with van der Waals surface area (Å²) in [6.07, 6.45) is 3.40. The Morgan fingerprint density at radius 3 is 2.68 bits per heavy atom. The van der Waals surface area contributed by atoms with Gasteiger partial charge in [-0.05, 0) is 30.7 Å². The van der Waals surface area contributed by atoms with Gasteiger partial charge in [0.25, 0.3) is 5.91 Å². The Balaban J connectivity index is 2.21. The van der Waals surface area contributed by atoms with E-state index in [1.54, 1.807) is 24.5 Å². The van der Waals surface area contributed by atoms with E-state index in [2.05, 4.69) is 10.3 Å². The number of ether oxygens (including phenoxy) is 2. The highest BCUT2D eigenvalue weighted by atomic mass is 35.5. The molecule has 1 aromatic heterocycles. The fourth-order valence-corrected chi connectivity index (χ4v) is 2.33. The minimum absolute atomic E-state index is 0.173. The highest BCUT2D eigenvalue weighted by Gasteiger charge is 2.17.